The van der Waals surface area contributed by atoms with Crippen molar-refractivity contribution in [2.45, 2.75) is 88.9 Å². The van der Waals surface area contributed by atoms with Gasteiger partial charge in [-0.2, -0.15) is 0 Å². The van der Waals surface area contributed by atoms with Crippen molar-refractivity contribution in [3.05, 3.63) is 53.6 Å². The lowest BCUT2D eigenvalue weighted by atomic mass is 9.71. The molecule has 0 aromatic heterocycles. The minimum Gasteiger partial charge on any atom is -0.493 e. The molecule has 2 heterocycles. The van der Waals surface area contributed by atoms with Gasteiger partial charge in [-0.1, -0.05) is 44.4 Å². The fourth-order valence-corrected chi connectivity index (χ4v) is 7.57. The Bertz CT molecular complexity index is 1440. The fourth-order valence-electron chi connectivity index (χ4n) is 7.57. The summed E-state index contributed by atoms with van der Waals surface area (Å²) >= 11 is 0. The summed E-state index contributed by atoms with van der Waals surface area (Å²) in [7, 11) is 3.18. The monoisotopic (exact) mass is 694 g/mol. The molecule has 50 heavy (non-hydrogen) atoms. The van der Waals surface area contributed by atoms with Gasteiger partial charge in [-0.05, 0) is 86.3 Å². The van der Waals surface area contributed by atoms with Crippen molar-refractivity contribution < 1.29 is 43.2 Å². The molecule has 3 fully saturated rings. The molecule has 3 aliphatic rings. The number of methoxy groups -OCH3 is 2. The molecule has 1 amide bonds. The maximum Gasteiger partial charge on any atom is 0.329 e. The van der Waals surface area contributed by atoms with Gasteiger partial charge in [0.15, 0.2) is 11.5 Å². The number of piperidine rings is 1. The number of hydrogen-bond donors (Lipinski definition) is 1. The number of Topliss-reactive ketones (excluding diaryl/α,β-unsaturated/α-hetero) is 1. The van der Waals surface area contributed by atoms with Crippen LogP contribution >= 0.6 is 0 Å². The molecular formula is C39H54N2O9. The van der Waals surface area contributed by atoms with Crippen molar-refractivity contribution in [1.82, 2.24) is 9.80 Å². The Morgan fingerprint density at radius 1 is 0.960 bits per heavy atom. The number of aliphatic hydroxyl groups is 1. The number of rotatable bonds is 15. The molecule has 0 spiro atoms. The Balaban J connectivity index is 1.33. The Morgan fingerprint density at radius 3 is 2.50 bits per heavy atom. The molecule has 1 saturated carbocycles. The number of nitrogens with zero attached hydrogens (tertiary/aromatic N) is 2. The summed E-state index contributed by atoms with van der Waals surface area (Å²) in [5, 5.41) is 11.5. The van der Waals surface area contributed by atoms with Gasteiger partial charge in [0.25, 0.3) is 11.7 Å². The SMILES string of the molecule is CC[C@@H]1CCCC[C@@]1(O)C(=O)C(=O)N1CCCCC1C(=O)O[C@H](CCc1ccc(OC)c(OC)c1)c1cccc(OCCN2CCOCC2)c1. The standard InChI is InChI=1S/C39H54N2O9/c1-4-30-11-5-7-18-39(30,45)36(42)37(43)41-19-8-6-13-32(41)38(44)50-33(16-14-28-15-17-34(46-2)35(26-28)47-3)29-10-9-12-31(27-29)49-25-22-40-20-23-48-24-21-40/h9-10,12,15,17,26-27,30,32-33,45H,4-8,11,13-14,16,18-25H2,1-3H3/t30-,32?,33-,39+/m1/s1. The summed E-state index contributed by atoms with van der Waals surface area (Å²) in [6, 6.07) is 12.4. The van der Waals surface area contributed by atoms with Gasteiger partial charge < -0.3 is 33.7 Å². The minimum absolute atomic E-state index is 0.264. The zero-order chi connectivity index (χ0) is 35.5. The number of morpholine rings is 1. The van der Waals surface area contributed by atoms with Gasteiger partial charge >= 0.3 is 5.97 Å². The van der Waals surface area contributed by atoms with Crippen LogP contribution < -0.4 is 14.2 Å². The summed E-state index contributed by atoms with van der Waals surface area (Å²) in [6.07, 6.45) is 5.35. The number of likely N-dealkylation sites (tertiary alicyclic amines) is 1. The van der Waals surface area contributed by atoms with Crippen LogP contribution in [0.3, 0.4) is 0 Å². The van der Waals surface area contributed by atoms with E-state index in [0.29, 0.717) is 68.8 Å². The van der Waals surface area contributed by atoms with Crippen LogP contribution in [0, 0.1) is 5.92 Å². The van der Waals surface area contributed by atoms with Gasteiger partial charge in [0.2, 0.25) is 0 Å². The Morgan fingerprint density at radius 2 is 1.74 bits per heavy atom. The van der Waals surface area contributed by atoms with Crippen molar-refractivity contribution in [3.63, 3.8) is 0 Å². The average molecular weight is 695 g/mol. The maximum atomic E-state index is 14.0. The summed E-state index contributed by atoms with van der Waals surface area (Å²) in [5.41, 5.74) is 0.0582. The summed E-state index contributed by atoms with van der Waals surface area (Å²) in [4.78, 5) is 45.1. The normalized spacial score (nSPS) is 23.5. The van der Waals surface area contributed by atoms with E-state index in [0.717, 1.165) is 56.8 Å². The smallest absolute Gasteiger partial charge is 0.329 e. The quantitative estimate of drug-likeness (QED) is 0.203. The highest BCUT2D eigenvalue weighted by Crippen LogP contribution is 2.38. The molecule has 0 bridgehead atoms. The zero-order valence-corrected chi connectivity index (χ0v) is 29.9. The first-order valence-electron chi connectivity index (χ1n) is 18.3. The fraction of sp³-hybridized carbons (Fsp3) is 0.615. The molecule has 2 aromatic rings. The first kappa shape index (κ1) is 37.6. The van der Waals surface area contributed by atoms with Crippen LogP contribution in [0.4, 0.5) is 0 Å². The summed E-state index contributed by atoms with van der Waals surface area (Å²) < 4.78 is 28.8. The number of carbonyl (C=O) groups excluding carboxylic acids is 3. The van der Waals surface area contributed by atoms with Gasteiger partial charge in [-0.15, -0.1) is 0 Å². The molecule has 4 atom stereocenters. The van der Waals surface area contributed by atoms with E-state index in [9.17, 15) is 19.5 Å². The van der Waals surface area contributed by atoms with E-state index in [2.05, 4.69) is 4.90 Å². The number of ether oxygens (including phenoxy) is 5. The van der Waals surface area contributed by atoms with E-state index in [1.165, 1.54) is 4.90 Å². The van der Waals surface area contributed by atoms with E-state index in [-0.39, 0.29) is 18.9 Å². The zero-order valence-electron chi connectivity index (χ0n) is 29.9. The highest BCUT2D eigenvalue weighted by molar-refractivity contribution is 6.39. The molecule has 2 aliphatic heterocycles. The molecule has 2 aromatic carbocycles. The molecule has 1 unspecified atom stereocenters. The Hall–Kier alpha value is -3.67. The van der Waals surface area contributed by atoms with Crippen LogP contribution in [-0.2, 0) is 30.3 Å². The van der Waals surface area contributed by atoms with Crippen LogP contribution in [0.25, 0.3) is 0 Å². The first-order valence-corrected chi connectivity index (χ1v) is 18.3. The highest BCUT2D eigenvalue weighted by atomic mass is 16.5. The number of amides is 1. The number of esters is 1. The second-order valence-corrected chi connectivity index (χ2v) is 13.6. The number of benzene rings is 2. The third-order valence-electron chi connectivity index (χ3n) is 10.6. The molecule has 1 aliphatic carbocycles. The van der Waals surface area contributed by atoms with Crippen LogP contribution in [0.15, 0.2) is 42.5 Å². The lowest BCUT2D eigenvalue weighted by Gasteiger charge is -2.40. The van der Waals surface area contributed by atoms with E-state index in [1.54, 1.807) is 14.2 Å². The van der Waals surface area contributed by atoms with Gasteiger partial charge in [0.1, 0.15) is 30.1 Å². The first-order chi connectivity index (χ1) is 24.3. The van der Waals surface area contributed by atoms with E-state index >= 15 is 0 Å². The summed E-state index contributed by atoms with van der Waals surface area (Å²) in [5.74, 6) is -0.491. The van der Waals surface area contributed by atoms with Crippen LogP contribution in [0.1, 0.15) is 81.9 Å². The molecule has 11 nitrogen and oxygen atoms in total. The number of aryl methyl sites for hydroxylation is 1. The third kappa shape index (κ3) is 9.16. The molecular weight excluding hydrogens is 640 g/mol. The molecule has 274 valence electrons. The Labute approximate surface area is 296 Å². The molecule has 2 saturated heterocycles. The highest BCUT2D eigenvalue weighted by Gasteiger charge is 2.50. The van der Waals surface area contributed by atoms with E-state index in [1.807, 2.05) is 49.4 Å². The van der Waals surface area contributed by atoms with Crippen LogP contribution in [0.5, 0.6) is 17.2 Å². The average Bonchev–Trinajstić information content (AvgIpc) is 3.16. The molecule has 0 radical (unpaired) electrons. The summed E-state index contributed by atoms with van der Waals surface area (Å²) in [6.45, 7) is 6.69. The predicted octanol–water partition coefficient (Wildman–Crippen LogP) is 4.91. The van der Waals surface area contributed by atoms with Crippen molar-refractivity contribution in [2.75, 3.05) is 60.2 Å². The van der Waals surface area contributed by atoms with Crippen molar-refractivity contribution >= 4 is 17.7 Å². The second-order valence-electron chi connectivity index (χ2n) is 13.6. The van der Waals surface area contributed by atoms with Gasteiger partial charge in [0, 0.05) is 26.2 Å². The van der Waals surface area contributed by atoms with Crippen LogP contribution in [-0.4, -0.2) is 104 Å². The lowest BCUT2D eigenvalue weighted by molar-refractivity contribution is -0.169. The number of ketones is 1. The van der Waals surface area contributed by atoms with Gasteiger partial charge in [-0.25, -0.2) is 4.79 Å². The molecule has 1 N–H and O–H groups in total. The third-order valence-corrected chi connectivity index (χ3v) is 10.6. The van der Waals surface area contributed by atoms with E-state index in [4.69, 9.17) is 23.7 Å². The molecule has 11 heteroatoms. The van der Waals surface area contributed by atoms with Crippen molar-refractivity contribution in [3.8, 4) is 17.2 Å². The van der Waals surface area contributed by atoms with E-state index < -0.39 is 35.4 Å². The van der Waals surface area contributed by atoms with Crippen molar-refractivity contribution in [1.29, 1.82) is 0 Å². The maximum absolute atomic E-state index is 14.0. The second kappa shape index (κ2) is 18.0. The predicted molar refractivity (Wildman–Crippen MR) is 187 cm³/mol. The number of carbonyl (C=O) groups is 3. The van der Waals surface area contributed by atoms with Gasteiger partial charge in [-0.3, -0.25) is 14.5 Å². The van der Waals surface area contributed by atoms with Crippen molar-refractivity contribution in [2.24, 2.45) is 5.92 Å². The molecule has 5 rings (SSSR count). The van der Waals surface area contributed by atoms with Crippen LogP contribution in [0.2, 0.25) is 0 Å². The minimum atomic E-state index is -1.69. The Kier molecular flexibility index (Phi) is 13.5. The number of hydrogen-bond acceptors (Lipinski definition) is 10. The lowest BCUT2D eigenvalue weighted by Crippen LogP contribution is -2.58. The largest absolute Gasteiger partial charge is 0.493 e. The van der Waals surface area contributed by atoms with Gasteiger partial charge in [0.05, 0.1) is 27.4 Å². The topological polar surface area (TPSA) is 124 Å².